The number of benzene rings is 1. The number of piperidine rings is 1. The smallest absolute Gasteiger partial charge is 0.258 e. The fourth-order valence-electron chi connectivity index (χ4n) is 4.87. The maximum atomic E-state index is 13.3. The highest BCUT2D eigenvalue weighted by Gasteiger charge is 2.44. The van der Waals surface area contributed by atoms with Gasteiger partial charge < -0.3 is 19.9 Å². The third-order valence-corrected chi connectivity index (χ3v) is 7.06. The van der Waals surface area contributed by atoms with Crippen LogP contribution in [0.3, 0.4) is 0 Å². The van der Waals surface area contributed by atoms with Crippen molar-refractivity contribution in [1.29, 1.82) is 0 Å². The Morgan fingerprint density at radius 1 is 1.10 bits per heavy atom. The highest BCUT2D eigenvalue weighted by Crippen LogP contribution is 2.54. The second kappa shape index (κ2) is 8.15. The van der Waals surface area contributed by atoms with E-state index in [0.29, 0.717) is 17.8 Å². The Kier molecular flexibility index (Phi) is 5.34. The first kappa shape index (κ1) is 20.3. The van der Waals surface area contributed by atoms with Crippen LogP contribution < -0.4 is 15.1 Å². The summed E-state index contributed by atoms with van der Waals surface area (Å²) in [7, 11) is 0. The van der Waals surface area contributed by atoms with Gasteiger partial charge in [-0.3, -0.25) is 4.79 Å². The molecule has 31 heavy (non-hydrogen) atoms. The van der Waals surface area contributed by atoms with E-state index in [1.807, 2.05) is 30.3 Å². The lowest BCUT2D eigenvalue weighted by molar-refractivity contribution is 0.0529. The van der Waals surface area contributed by atoms with Crippen LogP contribution in [0, 0.1) is 12.3 Å². The normalized spacial score (nSPS) is 22.5. The molecule has 1 aromatic heterocycles. The third kappa shape index (κ3) is 4.40. The van der Waals surface area contributed by atoms with Crippen molar-refractivity contribution >= 4 is 23.2 Å². The summed E-state index contributed by atoms with van der Waals surface area (Å²) in [6, 6.07) is 11.9. The Balaban J connectivity index is 1.33. The van der Waals surface area contributed by atoms with E-state index in [-0.39, 0.29) is 12.0 Å². The maximum Gasteiger partial charge on any atom is 0.258 e. The van der Waals surface area contributed by atoms with E-state index in [0.717, 1.165) is 43.2 Å². The van der Waals surface area contributed by atoms with Crippen LogP contribution in [0.25, 0.3) is 0 Å². The molecule has 2 aliphatic heterocycles. The number of nitrogens with zero attached hydrogens (tertiary/aromatic N) is 3. The van der Waals surface area contributed by atoms with Crippen molar-refractivity contribution < 1.29 is 9.53 Å². The van der Waals surface area contributed by atoms with Gasteiger partial charge in [-0.25, -0.2) is 4.98 Å². The van der Waals surface area contributed by atoms with Gasteiger partial charge in [0, 0.05) is 31.9 Å². The van der Waals surface area contributed by atoms with Gasteiger partial charge in [0.05, 0.1) is 18.3 Å². The molecule has 2 saturated heterocycles. The van der Waals surface area contributed by atoms with Crippen molar-refractivity contribution in [2.75, 3.05) is 47.9 Å². The van der Waals surface area contributed by atoms with Crippen molar-refractivity contribution in [3.63, 3.8) is 0 Å². The molecule has 1 aliphatic carbocycles. The molecule has 1 amide bonds. The zero-order chi connectivity index (χ0) is 21.4. The van der Waals surface area contributed by atoms with Gasteiger partial charge in [0.15, 0.2) is 0 Å². The van der Waals surface area contributed by atoms with Gasteiger partial charge in [-0.15, -0.1) is 0 Å². The summed E-state index contributed by atoms with van der Waals surface area (Å²) in [5.74, 6) is 1.37. The van der Waals surface area contributed by atoms with Crippen LogP contribution in [0.5, 0.6) is 0 Å². The third-order valence-electron chi connectivity index (χ3n) is 7.06. The van der Waals surface area contributed by atoms with Gasteiger partial charge in [0.1, 0.15) is 11.6 Å². The van der Waals surface area contributed by atoms with Crippen molar-refractivity contribution in [1.82, 2.24) is 4.98 Å². The van der Waals surface area contributed by atoms with Gasteiger partial charge in [-0.2, -0.15) is 0 Å². The van der Waals surface area contributed by atoms with Crippen LogP contribution in [0.4, 0.5) is 17.3 Å². The van der Waals surface area contributed by atoms with E-state index in [1.54, 1.807) is 0 Å². The minimum Gasteiger partial charge on any atom is -0.375 e. The molecule has 2 aromatic rings. The van der Waals surface area contributed by atoms with E-state index < -0.39 is 0 Å². The molecule has 6 nitrogen and oxygen atoms in total. The van der Waals surface area contributed by atoms with Gasteiger partial charge in [-0.1, -0.05) is 12.1 Å². The van der Waals surface area contributed by atoms with E-state index in [4.69, 9.17) is 9.72 Å². The number of amides is 1. The summed E-state index contributed by atoms with van der Waals surface area (Å²) in [6.07, 6.45) is 5.42. The van der Waals surface area contributed by atoms with Gasteiger partial charge >= 0.3 is 0 Å². The second-order valence-electron chi connectivity index (χ2n) is 9.47. The monoisotopic (exact) mass is 420 g/mol. The molecule has 0 radical (unpaired) electrons. The van der Waals surface area contributed by atoms with Crippen LogP contribution >= 0.6 is 0 Å². The van der Waals surface area contributed by atoms with Gasteiger partial charge in [0.25, 0.3) is 5.91 Å². The Labute approximate surface area is 184 Å². The van der Waals surface area contributed by atoms with Crippen LogP contribution in [0.1, 0.15) is 48.5 Å². The summed E-state index contributed by atoms with van der Waals surface area (Å²) in [5, 5.41) is 3.04. The Morgan fingerprint density at radius 2 is 1.90 bits per heavy atom. The average molecular weight is 421 g/mol. The molecule has 1 spiro atoms. The number of ether oxygens (including phenoxy) is 1. The number of carbonyl (C=O) groups is 1. The van der Waals surface area contributed by atoms with Gasteiger partial charge in [-0.05, 0) is 74.8 Å². The lowest BCUT2D eigenvalue weighted by Crippen LogP contribution is -2.41. The van der Waals surface area contributed by atoms with E-state index in [9.17, 15) is 4.79 Å². The molecule has 1 atom stereocenters. The average Bonchev–Trinajstić information content (AvgIpc) is 3.53. The predicted octanol–water partition coefficient (Wildman–Crippen LogP) is 4.25. The minimum atomic E-state index is -0.0956. The Hall–Kier alpha value is -2.60. The summed E-state index contributed by atoms with van der Waals surface area (Å²) >= 11 is 0. The number of morpholine rings is 1. The molecule has 1 N–H and O–H groups in total. The molecule has 164 valence electrons. The number of carbonyl (C=O) groups excluding carboxylic acids is 1. The van der Waals surface area contributed by atoms with Crippen molar-refractivity contribution in [3.05, 3.63) is 47.5 Å². The number of pyridine rings is 1. The van der Waals surface area contributed by atoms with Crippen molar-refractivity contribution in [2.24, 2.45) is 5.41 Å². The number of hydrogen-bond acceptors (Lipinski definition) is 5. The zero-order valence-corrected chi connectivity index (χ0v) is 18.6. The van der Waals surface area contributed by atoms with Crippen LogP contribution in [0.15, 0.2) is 36.4 Å². The molecular weight excluding hydrogens is 388 g/mol. The molecular formula is C25H32N4O2. The summed E-state index contributed by atoms with van der Waals surface area (Å²) in [4.78, 5) is 22.6. The second-order valence-corrected chi connectivity index (χ2v) is 9.47. The predicted molar refractivity (Wildman–Crippen MR) is 124 cm³/mol. The molecule has 1 saturated carbocycles. The SMILES string of the molecule is Cc1ccc(C(=O)Nc2cccc(N3CCO[C@H](C)C3)n2)c(N2CCC3(CC2)CC3)c1. The van der Waals surface area contributed by atoms with Crippen LogP contribution in [-0.2, 0) is 4.74 Å². The summed E-state index contributed by atoms with van der Waals surface area (Å²) in [6.45, 7) is 8.55. The van der Waals surface area contributed by atoms with Gasteiger partial charge in [0.2, 0.25) is 0 Å². The topological polar surface area (TPSA) is 57.7 Å². The first-order chi connectivity index (χ1) is 15.0. The summed E-state index contributed by atoms with van der Waals surface area (Å²) in [5.41, 5.74) is 3.57. The standard InChI is InChI=1S/C25H32N4O2/c1-18-6-7-20(21(16-18)28-12-10-25(8-9-25)11-13-28)24(30)27-22-4-3-5-23(26-22)29-14-15-31-19(2)17-29/h3-7,16,19H,8-15,17H2,1-2H3,(H,26,27,30)/t19-/m1/s1. The number of aryl methyl sites for hydroxylation is 1. The molecule has 6 heteroatoms. The minimum absolute atomic E-state index is 0.0956. The van der Waals surface area contributed by atoms with Crippen molar-refractivity contribution in [2.45, 2.75) is 45.6 Å². The fourth-order valence-corrected chi connectivity index (χ4v) is 4.87. The number of aromatic nitrogens is 1. The molecule has 0 unspecified atom stereocenters. The van der Waals surface area contributed by atoms with Crippen LogP contribution in [0.2, 0.25) is 0 Å². The number of hydrogen-bond donors (Lipinski definition) is 1. The molecule has 3 aliphatic rings. The lowest BCUT2D eigenvalue weighted by Gasteiger charge is -2.35. The van der Waals surface area contributed by atoms with E-state index in [2.05, 4.69) is 35.0 Å². The maximum absolute atomic E-state index is 13.3. The number of anilines is 3. The molecule has 3 heterocycles. The zero-order valence-electron chi connectivity index (χ0n) is 18.6. The first-order valence-electron chi connectivity index (χ1n) is 11.5. The first-order valence-corrected chi connectivity index (χ1v) is 11.5. The quantitative estimate of drug-likeness (QED) is 0.801. The van der Waals surface area contributed by atoms with Crippen LogP contribution in [-0.4, -0.2) is 49.8 Å². The number of nitrogens with one attached hydrogen (secondary N) is 1. The Bertz CT molecular complexity index is 962. The van der Waals surface area contributed by atoms with Crippen molar-refractivity contribution in [3.8, 4) is 0 Å². The molecule has 0 bridgehead atoms. The molecule has 5 rings (SSSR count). The molecule has 3 fully saturated rings. The summed E-state index contributed by atoms with van der Waals surface area (Å²) < 4.78 is 5.64. The van der Waals surface area contributed by atoms with E-state index >= 15 is 0 Å². The Morgan fingerprint density at radius 3 is 2.65 bits per heavy atom. The molecule has 1 aromatic carbocycles. The lowest BCUT2D eigenvalue weighted by atomic mass is 9.92. The highest BCUT2D eigenvalue weighted by molar-refractivity contribution is 6.08. The largest absolute Gasteiger partial charge is 0.375 e. The highest BCUT2D eigenvalue weighted by atomic mass is 16.5. The fraction of sp³-hybridized carbons (Fsp3) is 0.520. The number of rotatable bonds is 4. The van der Waals surface area contributed by atoms with E-state index in [1.165, 1.54) is 31.2 Å².